The second kappa shape index (κ2) is 19.7. The molecule has 0 aromatic heterocycles. The molecule has 4 heteroatoms. The van der Waals surface area contributed by atoms with Crippen molar-refractivity contribution in [3.8, 4) is 0 Å². The second-order valence-electron chi connectivity index (χ2n) is 5.44. The van der Waals surface area contributed by atoms with E-state index in [1.165, 1.54) is 64.2 Å². The molecule has 0 saturated heterocycles. The van der Waals surface area contributed by atoms with E-state index in [1.54, 1.807) is 0 Å². The normalized spacial score (nSPS) is 10.1. The van der Waals surface area contributed by atoms with E-state index < -0.39 is 5.97 Å². The van der Waals surface area contributed by atoms with Crippen LogP contribution in [-0.4, -0.2) is 43.7 Å². The third-order valence-corrected chi connectivity index (χ3v) is 3.57. The Labute approximate surface area is 154 Å². The zero-order valence-corrected chi connectivity index (χ0v) is 12.6. The van der Waals surface area contributed by atoms with Gasteiger partial charge in [0.1, 0.15) is 0 Å². The molecule has 0 aromatic rings. The second-order valence-corrected chi connectivity index (χ2v) is 5.44. The molecule has 0 heterocycles. The van der Waals surface area contributed by atoms with Gasteiger partial charge in [-0.2, -0.15) is 0 Å². The number of carbonyl (C=O) groups excluding carboxylic acids is 1. The summed E-state index contributed by atoms with van der Waals surface area (Å²) in [5.74, 6) is -0.733. The van der Waals surface area contributed by atoms with Crippen molar-refractivity contribution in [2.24, 2.45) is 0 Å². The molecule has 2 nitrogen and oxygen atoms in total. The average Bonchev–Trinajstić information content (AvgIpc) is 2.43. The average molecular weight is 317 g/mol. The van der Waals surface area contributed by atoms with Crippen LogP contribution in [0, 0.1) is 0 Å². The van der Waals surface area contributed by atoms with E-state index in [0.29, 0.717) is 0 Å². The van der Waals surface area contributed by atoms with E-state index in [1.807, 2.05) is 0 Å². The molecule has 0 amide bonds. The van der Waals surface area contributed by atoms with Crippen LogP contribution < -0.4 is 0 Å². The number of hydrogen-bond acceptors (Lipinski definition) is 2. The molecule has 0 fully saturated rings. The Bertz CT molecular complexity index is 201. The number of carbonyl (C=O) groups is 1. The van der Waals surface area contributed by atoms with Crippen molar-refractivity contribution in [3.05, 3.63) is 0 Å². The van der Waals surface area contributed by atoms with E-state index in [2.05, 4.69) is 11.9 Å². The van der Waals surface area contributed by atoms with Crippen LogP contribution in [0.5, 0.6) is 0 Å². The van der Waals surface area contributed by atoms with Gasteiger partial charge in [0.15, 0.2) is 0 Å². The summed E-state index contributed by atoms with van der Waals surface area (Å²) in [7, 11) is 0. The van der Waals surface area contributed by atoms with Crippen molar-refractivity contribution in [1.82, 2.24) is 0 Å². The van der Waals surface area contributed by atoms with Gasteiger partial charge in [-0.05, 0) is 6.42 Å². The number of rotatable bonds is 14. The first kappa shape index (κ1) is 22.9. The first-order valence-electron chi connectivity index (χ1n) is 8.12. The fourth-order valence-corrected chi connectivity index (χ4v) is 2.33. The molecule has 0 spiro atoms. The summed E-state index contributed by atoms with van der Waals surface area (Å²) in [5, 5.41) is 0. The van der Waals surface area contributed by atoms with Crippen molar-refractivity contribution in [3.63, 3.8) is 0 Å². The fraction of sp³-hybridized carbons (Fsp3) is 0.938. The van der Waals surface area contributed by atoms with Crippen molar-refractivity contribution >= 4 is 43.7 Å². The van der Waals surface area contributed by atoms with E-state index in [0.717, 1.165) is 19.3 Å². The molecule has 0 saturated carbocycles. The van der Waals surface area contributed by atoms with E-state index in [9.17, 15) is 9.32 Å². The predicted octanol–water partition coefficient (Wildman–Crippen LogP) is 4.98. The van der Waals surface area contributed by atoms with Gasteiger partial charge in [0, 0.05) is 10.9 Å². The summed E-state index contributed by atoms with van der Waals surface area (Å²) < 4.78 is 11.4. The van der Waals surface area contributed by atoms with Crippen molar-refractivity contribution in [1.29, 1.82) is 0 Å². The van der Waals surface area contributed by atoms with Gasteiger partial charge in [0.25, 0.3) is 0 Å². The Morgan fingerprint density at radius 1 is 0.750 bits per heavy atom. The van der Waals surface area contributed by atoms with Gasteiger partial charge >= 0.3 is 43.7 Å². The van der Waals surface area contributed by atoms with Crippen LogP contribution in [0.15, 0.2) is 0 Å². The van der Waals surface area contributed by atoms with Crippen LogP contribution in [0.3, 0.4) is 0 Å². The van der Waals surface area contributed by atoms with Crippen molar-refractivity contribution < 1.29 is 14.3 Å². The molecular weight excluding hydrogens is 283 g/mol. The molecule has 0 aliphatic rings. The van der Waals surface area contributed by atoms with Crippen LogP contribution in [0.2, 0.25) is 0 Å². The first-order valence-corrected chi connectivity index (χ1v) is 8.12. The molecule has 20 heavy (non-hydrogen) atoms. The molecule has 0 rings (SSSR count). The van der Waals surface area contributed by atoms with E-state index >= 15 is 0 Å². The Morgan fingerprint density at radius 2 is 1.10 bits per heavy atom. The standard InChI is InChI=1S/C16H31FO2.Ca.2H/c1-2-3-4-5-6-7-8-9-10-11-12-13-14-15-16(18)19-17;;;/h2-15H2,1H3;;;. The van der Waals surface area contributed by atoms with Gasteiger partial charge in [0.05, 0.1) is 0 Å². The minimum absolute atomic E-state index is 0. The SMILES string of the molecule is CCCCCCCCCCCCCCCC(=O)OF.[CaH2]. The Kier molecular flexibility index (Phi) is 22.5. The molecule has 0 unspecified atom stereocenters. The molecule has 0 radical (unpaired) electrons. The van der Waals surface area contributed by atoms with Gasteiger partial charge in [-0.1, -0.05) is 84.0 Å². The first-order chi connectivity index (χ1) is 9.31. The fourth-order valence-electron chi connectivity index (χ4n) is 2.33. The summed E-state index contributed by atoms with van der Waals surface area (Å²) in [6.07, 6.45) is 16.6. The summed E-state index contributed by atoms with van der Waals surface area (Å²) in [6.45, 7) is 2.25. The van der Waals surface area contributed by atoms with E-state index in [-0.39, 0.29) is 44.2 Å². The predicted molar refractivity (Wildman–Crippen MR) is 86.1 cm³/mol. The Hall–Kier alpha value is 0.660. The number of halogens is 1. The molecule has 118 valence electrons. The van der Waals surface area contributed by atoms with Gasteiger partial charge in [-0.3, -0.25) is 4.94 Å². The molecule has 0 N–H and O–H groups in total. The van der Waals surface area contributed by atoms with Crippen molar-refractivity contribution in [2.45, 2.75) is 96.8 Å². The third-order valence-electron chi connectivity index (χ3n) is 3.57. The van der Waals surface area contributed by atoms with Crippen LogP contribution >= 0.6 is 0 Å². The summed E-state index contributed by atoms with van der Waals surface area (Å²) in [6, 6.07) is 0. The molecule has 0 aromatic carbocycles. The molecule has 0 bridgehead atoms. The number of hydrogen-bond donors (Lipinski definition) is 0. The van der Waals surface area contributed by atoms with Crippen LogP contribution in [0.25, 0.3) is 0 Å². The monoisotopic (exact) mass is 316 g/mol. The summed E-state index contributed by atoms with van der Waals surface area (Å²) >= 11 is 0. The molecule has 0 atom stereocenters. The maximum absolute atomic E-state index is 11.4. The zero-order chi connectivity index (χ0) is 14.2. The van der Waals surface area contributed by atoms with Crippen molar-refractivity contribution in [2.75, 3.05) is 0 Å². The quantitative estimate of drug-likeness (QED) is 0.334. The third kappa shape index (κ3) is 18.7. The van der Waals surface area contributed by atoms with E-state index in [4.69, 9.17) is 0 Å². The molecule has 0 aliphatic heterocycles. The van der Waals surface area contributed by atoms with Gasteiger partial charge in [0.2, 0.25) is 0 Å². The van der Waals surface area contributed by atoms with Crippen LogP contribution in [0.1, 0.15) is 96.8 Å². The topological polar surface area (TPSA) is 26.3 Å². The molecular formula is C16H33CaFO2. The zero-order valence-electron chi connectivity index (χ0n) is 12.6. The Balaban J connectivity index is 0. The maximum atomic E-state index is 11.4. The van der Waals surface area contributed by atoms with Gasteiger partial charge in [-0.25, -0.2) is 4.79 Å². The summed E-state index contributed by atoms with van der Waals surface area (Å²) in [5.41, 5.74) is 0. The Morgan fingerprint density at radius 3 is 1.45 bits per heavy atom. The minimum atomic E-state index is -0.733. The van der Waals surface area contributed by atoms with Crippen LogP contribution in [0.4, 0.5) is 4.53 Å². The molecule has 0 aliphatic carbocycles. The van der Waals surface area contributed by atoms with Crippen LogP contribution in [-0.2, 0) is 9.74 Å². The van der Waals surface area contributed by atoms with Gasteiger partial charge < -0.3 is 0 Å². The van der Waals surface area contributed by atoms with Gasteiger partial charge in [-0.15, -0.1) is 0 Å². The number of unbranched alkanes of at least 4 members (excludes halogenated alkanes) is 12. The summed E-state index contributed by atoms with van der Waals surface area (Å²) in [4.78, 5) is 13.6.